The molecule has 0 amide bonds. The summed E-state index contributed by atoms with van der Waals surface area (Å²) in [5.41, 5.74) is 4.15. The third kappa shape index (κ3) is 2.67. The number of fused-ring (bicyclic) bond motifs is 2. The van der Waals surface area contributed by atoms with Gasteiger partial charge in [-0.3, -0.25) is 4.90 Å². The van der Waals surface area contributed by atoms with Gasteiger partial charge in [0.2, 0.25) is 0 Å². The summed E-state index contributed by atoms with van der Waals surface area (Å²) < 4.78 is 11.1. The van der Waals surface area contributed by atoms with E-state index in [4.69, 9.17) is 9.47 Å². The molecule has 0 N–H and O–H groups in total. The summed E-state index contributed by atoms with van der Waals surface area (Å²) in [6.45, 7) is 5.34. The molecule has 0 aromatic heterocycles. The molecular formula is C18H24N2O2. The second-order valence-corrected chi connectivity index (χ2v) is 6.47. The van der Waals surface area contributed by atoms with E-state index in [0.717, 1.165) is 45.9 Å². The predicted molar refractivity (Wildman–Crippen MR) is 88.2 cm³/mol. The van der Waals surface area contributed by atoms with Gasteiger partial charge in [-0.2, -0.15) is 0 Å². The normalized spacial score (nSPS) is 29.3. The summed E-state index contributed by atoms with van der Waals surface area (Å²) >= 11 is 0. The zero-order valence-electron chi connectivity index (χ0n) is 13.2. The fraction of sp³-hybridized carbons (Fsp3) is 0.556. The molecule has 0 aliphatic carbocycles. The van der Waals surface area contributed by atoms with Crippen LogP contribution in [0.15, 0.2) is 30.3 Å². The van der Waals surface area contributed by atoms with Crippen molar-refractivity contribution in [1.29, 1.82) is 0 Å². The molecule has 1 aromatic rings. The Morgan fingerprint density at radius 3 is 2.50 bits per heavy atom. The molecule has 3 aliphatic rings. The van der Waals surface area contributed by atoms with E-state index in [2.05, 4.69) is 47.2 Å². The molecule has 1 aromatic carbocycles. The maximum atomic E-state index is 5.68. The lowest BCUT2D eigenvalue weighted by Crippen LogP contribution is -2.51. The highest BCUT2D eigenvalue weighted by molar-refractivity contribution is 5.69. The number of ether oxygens (including phenoxy) is 2. The van der Waals surface area contributed by atoms with Crippen molar-refractivity contribution >= 4 is 11.3 Å². The lowest BCUT2D eigenvalue weighted by Gasteiger charge is -2.42. The molecule has 2 fully saturated rings. The summed E-state index contributed by atoms with van der Waals surface area (Å²) in [5, 5.41) is 0. The third-order valence-corrected chi connectivity index (χ3v) is 5.16. The summed E-state index contributed by atoms with van der Waals surface area (Å²) in [4.78, 5) is 4.86. The highest BCUT2D eigenvalue weighted by Gasteiger charge is 2.32. The first kappa shape index (κ1) is 14.2. The topological polar surface area (TPSA) is 24.9 Å². The largest absolute Gasteiger partial charge is 0.378 e. The second kappa shape index (κ2) is 6.03. The van der Waals surface area contributed by atoms with Crippen molar-refractivity contribution in [3.63, 3.8) is 0 Å². The van der Waals surface area contributed by atoms with Crippen LogP contribution in [0.3, 0.4) is 0 Å². The quantitative estimate of drug-likeness (QED) is 0.834. The number of anilines is 1. The molecule has 118 valence electrons. The van der Waals surface area contributed by atoms with Crippen LogP contribution >= 0.6 is 0 Å². The van der Waals surface area contributed by atoms with E-state index in [-0.39, 0.29) is 0 Å². The van der Waals surface area contributed by atoms with Crippen LogP contribution in [0.5, 0.6) is 0 Å². The van der Waals surface area contributed by atoms with Crippen LogP contribution < -0.4 is 4.90 Å². The number of hydrogen-bond acceptors (Lipinski definition) is 4. The zero-order chi connectivity index (χ0) is 14.9. The third-order valence-electron chi connectivity index (χ3n) is 5.16. The van der Waals surface area contributed by atoms with Crippen LogP contribution in [0.25, 0.3) is 5.57 Å². The molecule has 2 atom stereocenters. The van der Waals surface area contributed by atoms with Crippen molar-refractivity contribution in [3.8, 4) is 0 Å². The van der Waals surface area contributed by atoms with Gasteiger partial charge in [0.25, 0.3) is 0 Å². The predicted octanol–water partition coefficient (Wildman–Crippen LogP) is 2.01. The van der Waals surface area contributed by atoms with Crippen LogP contribution in [0.1, 0.15) is 12.0 Å². The smallest absolute Gasteiger partial charge is 0.0658 e. The van der Waals surface area contributed by atoms with E-state index in [9.17, 15) is 0 Å². The molecule has 3 aliphatic heterocycles. The van der Waals surface area contributed by atoms with E-state index in [1.807, 2.05) is 0 Å². The van der Waals surface area contributed by atoms with E-state index < -0.39 is 0 Å². The first-order valence-electron chi connectivity index (χ1n) is 8.25. The average Bonchev–Trinajstić information content (AvgIpc) is 2.56. The molecule has 2 bridgehead atoms. The molecule has 3 heterocycles. The maximum Gasteiger partial charge on any atom is 0.0658 e. The summed E-state index contributed by atoms with van der Waals surface area (Å²) in [5.74, 6) is 0. The van der Waals surface area contributed by atoms with Gasteiger partial charge in [-0.1, -0.05) is 18.2 Å². The number of hydrogen-bond donors (Lipinski definition) is 0. The Labute approximate surface area is 132 Å². The monoisotopic (exact) mass is 300 g/mol. The molecule has 4 rings (SSSR count). The molecular weight excluding hydrogens is 276 g/mol. The van der Waals surface area contributed by atoms with Crippen molar-refractivity contribution in [2.75, 3.05) is 51.5 Å². The highest BCUT2D eigenvalue weighted by Crippen LogP contribution is 2.32. The van der Waals surface area contributed by atoms with E-state index in [0.29, 0.717) is 12.1 Å². The fourth-order valence-electron chi connectivity index (χ4n) is 3.68. The minimum Gasteiger partial charge on any atom is -0.378 e. The Bertz CT molecular complexity index is 549. The van der Waals surface area contributed by atoms with Gasteiger partial charge in [0.15, 0.2) is 0 Å². The summed E-state index contributed by atoms with van der Waals surface area (Å²) in [7, 11) is 2.21. The molecule has 0 spiro atoms. The van der Waals surface area contributed by atoms with Crippen LogP contribution in [-0.4, -0.2) is 63.5 Å². The van der Waals surface area contributed by atoms with Crippen LogP contribution in [0, 0.1) is 0 Å². The standard InChI is InChI=1S/C18H24N2O2/c1-19-17-10-15(11-18(19)13-22-12-17)14-2-4-16(5-3-14)20-6-8-21-9-7-20/h2-5,10,17-18H,6-9,11-13H2,1H3. The average molecular weight is 300 g/mol. The fourth-order valence-corrected chi connectivity index (χ4v) is 3.68. The van der Waals surface area contributed by atoms with Gasteiger partial charge in [0, 0.05) is 24.8 Å². The Morgan fingerprint density at radius 2 is 1.77 bits per heavy atom. The molecule has 4 heteroatoms. The van der Waals surface area contributed by atoms with Crippen molar-refractivity contribution in [3.05, 3.63) is 35.9 Å². The van der Waals surface area contributed by atoms with E-state index in [1.165, 1.54) is 16.8 Å². The van der Waals surface area contributed by atoms with Gasteiger partial charge in [-0.15, -0.1) is 0 Å². The minimum atomic E-state index is 0.432. The summed E-state index contributed by atoms with van der Waals surface area (Å²) in [6.07, 6.45) is 3.48. The Morgan fingerprint density at radius 1 is 1.00 bits per heavy atom. The van der Waals surface area contributed by atoms with Gasteiger partial charge in [0.05, 0.1) is 32.5 Å². The molecule has 22 heavy (non-hydrogen) atoms. The molecule has 4 nitrogen and oxygen atoms in total. The van der Waals surface area contributed by atoms with Crippen molar-refractivity contribution in [1.82, 2.24) is 4.90 Å². The minimum absolute atomic E-state index is 0.432. The second-order valence-electron chi connectivity index (χ2n) is 6.47. The number of rotatable bonds is 2. The Kier molecular flexibility index (Phi) is 3.90. The molecule has 2 saturated heterocycles. The van der Waals surface area contributed by atoms with Crippen LogP contribution in [0.2, 0.25) is 0 Å². The summed E-state index contributed by atoms with van der Waals surface area (Å²) in [6, 6.07) is 10.0. The lowest BCUT2D eigenvalue weighted by molar-refractivity contribution is -0.0221. The van der Waals surface area contributed by atoms with Gasteiger partial charge < -0.3 is 14.4 Å². The van der Waals surface area contributed by atoms with Crippen molar-refractivity contribution in [2.24, 2.45) is 0 Å². The Hall–Kier alpha value is -1.36. The number of benzene rings is 1. The van der Waals surface area contributed by atoms with E-state index in [1.54, 1.807) is 0 Å². The molecule has 2 unspecified atom stereocenters. The van der Waals surface area contributed by atoms with Crippen LogP contribution in [-0.2, 0) is 9.47 Å². The van der Waals surface area contributed by atoms with Crippen molar-refractivity contribution in [2.45, 2.75) is 18.5 Å². The van der Waals surface area contributed by atoms with E-state index >= 15 is 0 Å². The van der Waals surface area contributed by atoms with Gasteiger partial charge in [-0.25, -0.2) is 0 Å². The first-order valence-corrected chi connectivity index (χ1v) is 8.25. The van der Waals surface area contributed by atoms with Gasteiger partial charge in [-0.05, 0) is 36.7 Å². The SMILES string of the molecule is CN1C2C=C(c3ccc(N4CCOCC4)cc3)CC1COC2. The number of likely N-dealkylation sites (N-methyl/N-ethyl adjacent to an activating group) is 1. The molecule has 0 radical (unpaired) electrons. The lowest BCUT2D eigenvalue weighted by atomic mass is 9.90. The zero-order valence-corrected chi connectivity index (χ0v) is 13.2. The number of morpholine rings is 2. The molecule has 0 saturated carbocycles. The number of nitrogens with zero attached hydrogens (tertiary/aromatic N) is 2. The van der Waals surface area contributed by atoms with Crippen molar-refractivity contribution < 1.29 is 9.47 Å². The Balaban J connectivity index is 1.53. The highest BCUT2D eigenvalue weighted by atomic mass is 16.5. The first-order chi connectivity index (χ1) is 10.8. The maximum absolute atomic E-state index is 5.68. The van der Waals surface area contributed by atoms with Gasteiger partial charge in [0.1, 0.15) is 0 Å². The van der Waals surface area contributed by atoms with Crippen LogP contribution in [0.4, 0.5) is 5.69 Å². The van der Waals surface area contributed by atoms with Gasteiger partial charge >= 0.3 is 0 Å².